The standard InChI is InChI=1S/C12H13NO2/c1-4-9(10(14)5-2)12(15)11-8(3)6-7-13-11/h4-7,13H,2H2,1,3H3/b9-4-. The van der Waals surface area contributed by atoms with Crippen LogP contribution in [0.1, 0.15) is 23.0 Å². The van der Waals surface area contributed by atoms with Crippen LogP contribution in [0.5, 0.6) is 0 Å². The molecule has 0 saturated carbocycles. The molecule has 0 radical (unpaired) electrons. The average Bonchev–Trinajstić information content (AvgIpc) is 2.65. The van der Waals surface area contributed by atoms with Crippen LogP contribution >= 0.6 is 0 Å². The molecule has 0 aliphatic rings. The third-order valence-corrected chi connectivity index (χ3v) is 2.17. The van der Waals surface area contributed by atoms with Gasteiger partial charge in [0.1, 0.15) is 0 Å². The molecule has 1 rings (SSSR count). The molecule has 1 aromatic heterocycles. The van der Waals surface area contributed by atoms with Crippen LogP contribution in [-0.4, -0.2) is 16.6 Å². The van der Waals surface area contributed by atoms with E-state index in [1.807, 2.05) is 6.92 Å². The van der Waals surface area contributed by atoms with Crippen molar-refractivity contribution in [1.29, 1.82) is 0 Å². The number of allylic oxidation sites excluding steroid dienone is 3. The number of Topliss-reactive ketones (excluding diaryl/α,β-unsaturated/α-hetero) is 1. The number of hydrogen-bond acceptors (Lipinski definition) is 2. The predicted molar refractivity (Wildman–Crippen MR) is 58.8 cm³/mol. The molecule has 0 fully saturated rings. The summed E-state index contributed by atoms with van der Waals surface area (Å²) in [6.45, 7) is 6.84. The first-order chi connectivity index (χ1) is 7.11. The average molecular weight is 203 g/mol. The van der Waals surface area contributed by atoms with E-state index in [-0.39, 0.29) is 17.1 Å². The van der Waals surface area contributed by atoms with Gasteiger partial charge in [-0.2, -0.15) is 0 Å². The minimum Gasteiger partial charge on any atom is -0.358 e. The molecule has 0 aliphatic carbocycles. The van der Waals surface area contributed by atoms with E-state index in [2.05, 4.69) is 11.6 Å². The Bertz CT molecular complexity index is 438. The number of nitrogens with one attached hydrogen (secondary N) is 1. The highest BCUT2D eigenvalue weighted by atomic mass is 16.1. The highest BCUT2D eigenvalue weighted by Crippen LogP contribution is 2.12. The third-order valence-electron chi connectivity index (χ3n) is 2.17. The number of carbonyl (C=O) groups is 2. The van der Waals surface area contributed by atoms with Gasteiger partial charge in [-0.15, -0.1) is 0 Å². The summed E-state index contributed by atoms with van der Waals surface area (Å²) in [5.74, 6) is -0.638. The maximum Gasteiger partial charge on any atom is 0.213 e. The Balaban J connectivity index is 3.09. The van der Waals surface area contributed by atoms with Gasteiger partial charge in [0.2, 0.25) is 5.78 Å². The fraction of sp³-hybridized carbons (Fsp3) is 0.167. The van der Waals surface area contributed by atoms with Crippen LogP contribution in [0.4, 0.5) is 0 Å². The van der Waals surface area contributed by atoms with E-state index < -0.39 is 0 Å². The lowest BCUT2D eigenvalue weighted by Crippen LogP contribution is -2.12. The number of carbonyl (C=O) groups excluding carboxylic acids is 2. The van der Waals surface area contributed by atoms with Gasteiger partial charge in [0.05, 0.1) is 11.3 Å². The van der Waals surface area contributed by atoms with E-state index in [4.69, 9.17) is 0 Å². The summed E-state index contributed by atoms with van der Waals surface area (Å²) in [6.07, 6.45) is 4.33. The lowest BCUT2D eigenvalue weighted by Gasteiger charge is -2.01. The molecule has 1 heterocycles. The molecule has 0 bridgehead atoms. The summed E-state index contributed by atoms with van der Waals surface area (Å²) in [5.41, 5.74) is 1.44. The SMILES string of the molecule is C=CC(=O)/C(=C/C)C(=O)c1[nH]ccc1C. The van der Waals surface area contributed by atoms with E-state index in [9.17, 15) is 9.59 Å². The molecule has 0 aliphatic heterocycles. The molecular weight excluding hydrogens is 190 g/mol. The van der Waals surface area contributed by atoms with E-state index in [1.165, 1.54) is 6.08 Å². The molecule has 0 spiro atoms. The maximum atomic E-state index is 11.9. The second-order valence-electron chi connectivity index (χ2n) is 3.14. The summed E-state index contributed by atoms with van der Waals surface area (Å²) in [7, 11) is 0. The second kappa shape index (κ2) is 4.55. The van der Waals surface area contributed by atoms with Crippen molar-refractivity contribution in [2.75, 3.05) is 0 Å². The molecular formula is C12H13NO2. The highest BCUT2D eigenvalue weighted by Gasteiger charge is 2.18. The molecule has 0 unspecified atom stereocenters. The monoisotopic (exact) mass is 203 g/mol. The van der Waals surface area contributed by atoms with Gasteiger partial charge >= 0.3 is 0 Å². The van der Waals surface area contributed by atoms with Crippen LogP contribution in [0, 0.1) is 6.92 Å². The fourth-order valence-corrected chi connectivity index (χ4v) is 1.32. The number of aryl methyl sites for hydroxylation is 1. The van der Waals surface area contributed by atoms with Crippen LogP contribution in [0.15, 0.2) is 36.6 Å². The summed E-state index contributed by atoms with van der Waals surface area (Å²) < 4.78 is 0. The first kappa shape index (κ1) is 11.2. The Kier molecular flexibility index (Phi) is 3.39. The molecule has 1 N–H and O–H groups in total. The van der Waals surface area contributed by atoms with Gasteiger partial charge < -0.3 is 4.98 Å². The first-order valence-electron chi connectivity index (χ1n) is 4.63. The number of hydrogen-bond donors (Lipinski definition) is 1. The molecule has 3 heteroatoms. The van der Waals surface area contributed by atoms with E-state index in [0.29, 0.717) is 5.69 Å². The van der Waals surface area contributed by atoms with Gasteiger partial charge in [-0.1, -0.05) is 12.7 Å². The second-order valence-corrected chi connectivity index (χ2v) is 3.14. The van der Waals surface area contributed by atoms with Crippen molar-refractivity contribution in [3.05, 3.63) is 47.8 Å². The van der Waals surface area contributed by atoms with Crippen LogP contribution in [-0.2, 0) is 4.79 Å². The Morgan fingerprint density at radius 1 is 1.47 bits per heavy atom. The zero-order valence-electron chi connectivity index (χ0n) is 8.83. The molecule has 0 atom stereocenters. The Morgan fingerprint density at radius 2 is 2.13 bits per heavy atom. The van der Waals surface area contributed by atoms with Crippen molar-refractivity contribution in [2.45, 2.75) is 13.8 Å². The minimum atomic E-state index is -0.350. The lowest BCUT2D eigenvalue weighted by molar-refractivity contribution is -0.111. The largest absolute Gasteiger partial charge is 0.358 e. The predicted octanol–water partition coefficient (Wildman–Crippen LogP) is 2.21. The number of ketones is 2. The molecule has 15 heavy (non-hydrogen) atoms. The van der Waals surface area contributed by atoms with Gasteiger partial charge in [-0.25, -0.2) is 0 Å². The first-order valence-corrected chi connectivity index (χ1v) is 4.63. The van der Waals surface area contributed by atoms with Crippen LogP contribution in [0.3, 0.4) is 0 Å². The Hall–Kier alpha value is -1.90. The number of aromatic nitrogens is 1. The van der Waals surface area contributed by atoms with Crippen molar-refractivity contribution < 1.29 is 9.59 Å². The number of H-pyrrole nitrogens is 1. The topological polar surface area (TPSA) is 49.9 Å². The zero-order chi connectivity index (χ0) is 11.4. The maximum absolute atomic E-state index is 11.9. The fourth-order valence-electron chi connectivity index (χ4n) is 1.32. The van der Waals surface area contributed by atoms with Gasteiger partial charge in [0.25, 0.3) is 0 Å². The van der Waals surface area contributed by atoms with Gasteiger partial charge in [0.15, 0.2) is 5.78 Å². The van der Waals surface area contributed by atoms with E-state index in [1.54, 1.807) is 19.2 Å². The Morgan fingerprint density at radius 3 is 2.53 bits per heavy atom. The smallest absolute Gasteiger partial charge is 0.213 e. The summed E-state index contributed by atoms with van der Waals surface area (Å²) in [5, 5.41) is 0. The highest BCUT2D eigenvalue weighted by molar-refractivity contribution is 6.28. The minimum absolute atomic E-state index is 0.149. The van der Waals surface area contributed by atoms with E-state index >= 15 is 0 Å². The number of rotatable bonds is 4. The van der Waals surface area contributed by atoms with Crippen molar-refractivity contribution in [2.24, 2.45) is 0 Å². The molecule has 1 aromatic rings. The summed E-state index contributed by atoms with van der Waals surface area (Å²) in [6, 6.07) is 1.79. The van der Waals surface area contributed by atoms with Gasteiger partial charge in [-0.3, -0.25) is 9.59 Å². The summed E-state index contributed by atoms with van der Waals surface area (Å²) in [4.78, 5) is 26.1. The molecule has 0 saturated heterocycles. The number of aromatic amines is 1. The third kappa shape index (κ3) is 2.13. The molecule has 78 valence electrons. The van der Waals surface area contributed by atoms with Crippen molar-refractivity contribution >= 4 is 11.6 Å². The normalized spacial score (nSPS) is 11.2. The molecule has 3 nitrogen and oxygen atoms in total. The van der Waals surface area contributed by atoms with Crippen LogP contribution < -0.4 is 0 Å². The van der Waals surface area contributed by atoms with Gasteiger partial charge in [0, 0.05) is 6.20 Å². The van der Waals surface area contributed by atoms with E-state index in [0.717, 1.165) is 11.6 Å². The zero-order valence-corrected chi connectivity index (χ0v) is 8.83. The molecule has 0 aromatic carbocycles. The Labute approximate surface area is 88.5 Å². The van der Waals surface area contributed by atoms with Gasteiger partial charge in [-0.05, 0) is 31.6 Å². The molecule has 0 amide bonds. The van der Waals surface area contributed by atoms with Crippen LogP contribution in [0.25, 0.3) is 0 Å². The quantitative estimate of drug-likeness (QED) is 0.353. The summed E-state index contributed by atoms with van der Waals surface area (Å²) >= 11 is 0. The lowest BCUT2D eigenvalue weighted by atomic mass is 10.0. The van der Waals surface area contributed by atoms with Crippen molar-refractivity contribution in [3.63, 3.8) is 0 Å². The van der Waals surface area contributed by atoms with Crippen molar-refractivity contribution in [3.8, 4) is 0 Å². The van der Waals surface area contributed by atoms with Crippen LogP contribution in [0.2, 0.25) is 0 Å². The van der Waals surface area contributed by atoms with Crippen molar-refractivity contribution in [1.82, 2.24) is 4.98 Å².